The van der Waals surface area contributed by atoms with E-state index in [-0.39, 0.29) is 0 Å². The first-order valence-electron chi connectivity index (χ1n) is 7.35. The summed E-state index contributed by atoms with van der Waals surface area (Å²) in [6.45, 7) is 5.06. The molecule has 0 aromatic heterocycles. The van der Waals surface area contributed by atoms with Crippen LogP contribution in [0.4, 0.5) is 0 Å². The molecule has 0 amide bonds. The smallest absolute Gasteiger partial charge is 0.0200 e. The van der Waals surface area contributed by atoms with E-state index in [1.165, 1.54) is 58.0 Å². The van der Waals surface area contributed by atoms with Gasteiger partial charge in [0.2, 0.25) is 0 Å². The zero-order valence-corrected chi connectivity index (χ0v) is 10.6. The molecule has 0 aromatic carbocycles. The van der Waals surface area contributed by atoms with Crippen molar-refractivity contribution >= 4 is 0 Å². The van der Waals surface area contributed by atoms with E-state index in [1.54, 1.807) is 0 Å². The first kappa shape index (κ1) is 11.0. The molecular formula is C14H26N2. The molecule has 1 aliphatic heterocycles. The molecule has 3 aliphatic rings. The number of nitrogens with zero attached hydrogens (tertiary/aromatic N) is 1. The molecule has 3 fully saturated rings. The Kier molecular flexibility index (Phi) is 3.21. The highest BCUT2D eigenvalue weighted by Crippen LogP contribution is 2.33. The van der Waals surface area contributed by atoms with Gasteiger partial charge >= 0.3 is 0 Å². The van der Waals surface area contributed by atoms with E-state index < -0.39 is 0 Å². The highest BCUT2D eigenvalue weighted by atomic mass is 15.2. The number of nitrogens with one attached hydrogen (secondary N) is 1. The molecule has 2 nitrogen and oxygen atoms in total. The van der Waals surface area contributed by atoms with Gasteiger partial charge in [-0.25, -0.2) is 0 Å². The van der Waals surface area contributed by atoms with Crippen molar-refractivity contribution in [3.05, 3.63) is 0 Å². The molecule has 2 unspecified atom stereocenters. The fourth-order valence-corrected chi connectivity index (χ4v) is 3.30. The van der Waals surface area contributed by atoms with Crippen LogP contribution in [0.2, 0.25) is 0 Å². The van der Waals surface area contributed by atoms with Crippen molar-refractivity contribution < 1.29 is 0 Å². The third kappa shape index (κ3) is 2.78. The Labute approximate surface area is 99.8 Å². The van der Waals surface area contributed by atoms with Crippen LogP contribution in [0.3, 0.4) is 0 Å². The average Bonchev–Trinajstić information content (AvgIpc) is 3.13. The van der Waals surface area contributed by atoms with Gasteiger partial charge in [-0.2, -0.15) is 0 Å². The number of rotatable bonds is 5. The number of hydrogen-bond acceptors (Lipinski definition) is 2. The second kappa shape index (κ2) is 4.66. The van der Waals surface area contributed by atoms with Crippen LogP contribution in [0, 0.1) is 5.92 Å². The van der Waals surface area contributed by atoms with Gasteiger partial charge in [-0.15, -0.1) is 0 Å². The van der Waals surface area contributed by atoms with Crippen molar-refractivity contribution in [1.29, 1.82) is 0 Å². The molecule has 0 aromatic rings. The van der Waals surface area contributed by atoms with Gasteiger partial charge in [-0.05, 0) is 44.4 Å². The van der Waals surface area contributed by atoms with Crippen LogP contribution in [0.25, 0.3) is 0 Å². The molecule has 1 N–H and O–H groups in total. The van der Waals surface area contributed by atoms with Gasteiger partial charge in [0, 0.05) is 31.2 Å². The Balaban J connectivity index is 1.55. The van der Waals surface area contributed by atoms with Crippen LogP contribution < -0.4 is 5.32 Å². The van der Waals surface area contributed by atoms with E-state index in [0.29, 0.717) is 0 Å². The topological polar surface area (TPSA) is 15.3 Å². The van der Waals surface area contributed by atoms with Crippen molar-refractivity contribution in [2.75, 3.05) is 13.1 Å². The molecule has 2 saturated carbocycles. The van der Waals surface area contributed by atoms with Crippen LogP contribution in [-0.2, 0) is 0 Å². The van der Waals surface area contributed by atoms with Gasteiger partial charge in [0.25, 0.3) is 0 Å². The van der Waals surface area contributed by atoms with Crippen LogP contribution in [0.15, 0.2) is 0 Å². The Morgan fingerprint density at radius 1 is 1.06 bits per heavy atom. The van der Waals surface area contributed by atoms with Crippen LogP contribution >= 0.6 is 0 Å². The Hall–Kier alpha value is -0.0800. The lowest BCUT2D eigenvalue weighted by molar-refractivity contribution is 0.127. The summed E-state index contributed by atoms with van der Waals surface area (Å²) in [5.41, 5.74) is 0. The molecule has 92 valence electrons. The maximum atomic E-state index is 3.85. The zero-order valence-electron chi connectivity index (χ0n) is 10.6. The molecule has 0 bridgehead atoms. The van der Waals surface area contributed by atoms with Crippen molar-refractivity contribution in [1.82, 2.24) is 10.2 Å². The second-order valence-corrected chi connectivity index (χ2v) is 6.21. The maximum absolute atomic E-state index is 3.85. The summed E-state index contributed by atoms with van der Waals surface area (Å²) < 4.78 is 0. The van der Waals surface area contributed by atoms with Crippen molar-refractivity contribution in [2.45, 2.75) is 70.0 Å². The minimum atomic E-state index is 0.804. The Morgan fingerprint density at radius 3 is 2.50 bits per heavy atom. The lowest BCUT2D eigenvalue weighted by Crippen LogP contribution is -2.50. The van der Waals surface area contributed by atoms with Gasteiger partial charge in [-0.3, -0.25) is 4.90 Å². The van der Waals surface area contributed by atoms with Crippen molar-refractivity contribution in [3.8, 4) is 0 Å². The van der Waals surface area contributed by atoms with Gasteiger partial charge in [0.15, 0.2) is 0 Å². The monoisotopic (exact) mass is 222 g/mol. The van der Waals surface area contributed by atoms with Crippen molar-refractivity contribution in [3.63, 3.8) is 0 Å². The summed E-state index contributed by atoms with van der Waals surface area (Å²) in [5, 5.41) is 3.85. The van der Waals surface area contributed by atoms with Crippen LogP contribution in [0.1, 0.15) is 51.9 Å². The summed E-state index contributed by atoms with van der Waals surface area (Å²) >= 11 is 0. The van der Waals surface area contributed by atoms with E-state index in [4.69, 9.17) is 0 Å². The zero-order chi connectivity index (χ0) is 11.0. The number of hydrogen-bond donors (Lipinski definition) is 1. The first-order valence-corrected chi connectivity index (χ1v) is 7.35. The van der Waals surface area contributed by atoms with E-state index in [0.717, 1.165) is 24.0 Å². The molecule has 1 saturated heterocycles. The molecule has 2 aliphatic carbocycles. The molecule has 2 atom stereocenters. The molecule has 2 heteroatoms. The van der Waals surface area contributed by atoms with Gasteiger partial charge in [0.05, 0.1) is 0 Å². The normalized spacial score (nSPS) is 36.6. The highest BCUT2D eigenvalue weighted by Gasteiger charge is 2.37. The fourth-order valence-electron chi connectivity index (χ4n) is 3.30. The fraction of sp³-hybridized carbons (Fsp3) is 1.00. The standard InChI is InChI=1S/C14H26N2/c1-2-3-11-8-13(15-12-4-5-12)10-16(9-11)14-6-7-14/h11-15H,2-10H2,1H3. The summed E-state index contributed by atoms with van der Waals surface area (Å²) in [4.78, 5) is 2.78. The maximum Gasteiger partial charge on any atom is 0.0200 e. The molecule has 16 heavy (non-hydrogen) atoms. The summed E-state index contributed by atoms with van der Waals surface area (Å²) in [7, 11) is 0. The van der Waals surface area contributed by atoms with E-state index >= 15 is 0 Å². The van der Waals surface area contributed by atoms with Gasteiger partial charge < -0.3 is 5.32 Å². The van der Waals surface area contributed by atoms with Gasteiger partial charge in [0.1, 0.15) is 0 Å². The number of piperidine rings is 1. The van der Waals surface area contributed by atoms with Crippen LogP contribution in [-0.4, -0.2) is 36.1 Å². The molecule has 3 rings (SSSR count). The molecule has 1 heterocycles. The van der Waals surface area contributed by atoms with E-state index in [1.807, 2.05) is 0 Å². The summed E-state index contributed by atoms with van der Waals surface area (Å²) in [6, 6.07) is 2.65. The van der Waals surface area contributed by atoms with Crippen LogP contribution in [0.5, 0.6) is 0 Å². The lowest BCUT2D eigenvalue weighted by Gasteiger charge is -2.38. The quantitative estimate of drug-likeness (QED) is 0.768. The molecular weight excluding hydrogens is 196 g/mol. The van der Waals surface area contributed by atoms with E-state index in [2.05, 4.69) is 17.1 Å². The number of likely N-dealkylation sites (tertiary alicyclic amines) is 1. The lowest BCUT2D eigenvalue weighted by atomic mass is 9.90. The minimum absolute atomic E-state index is 0.804. The molecule has 0 radical (unpaired) electrons. The Morgan fingerprint density at radius 2 is 1.88 bits per heavy atom. The highest BCUT2D eigenvalue weighted by molar-refractivity contribution is 4.95. The third-order valence-electron chi connectivity index (χ3n) is 4.37. The van der Waals surface area contributed by atoms with E-state index in [9.17, 15) is 0 Å². The Bertz CT molecular complexity index is 233. The first-order chi connectivity index (χ1) is 7.85. The summed E-state index contributed by atoms with van der Waals surface area (Å²) in [5.74, 6) is 0.968. The third-order valence-corrected chi connectivity index (χ3v) is 4.37. The van der Waals surface area contributed by atoms with Gasteiger partial charge in [-0.1, -0.05) is 13.3 Å². The second-order valence-electron chi connectivity index (χ2n) is 6.21. The largest absolute Gasteiger partial charge is 0.310 e. The molecule has 0 spiro atoms. The summed E-state index contributed by atoms with van der Waals surface area (Å²) in [6.07, 6.45) is 10.0. The average molecular weight is 222 g/mol. The predicted molar refractivity (Wildman–Crippen MR) is 67.6 cm³/mol. The van der Waals surface area contributed by atoms with Crippen molar-refractivity contribution in [2.24, 2.45) is 5.92 Å². The SMILES string of the molecule is CCCC1CC(NC2CC2)CN(C2CC2)C1. The minimum Gasteiger partial charge on any atom is -0.310 e. The predicted octanol–water partition coefficient (Wildman–Crippen LogP) is 2.39.